The zero-order valence-electron chi connectivity index (χ0n) is 10.3. The van der Waals surface area contributed by atoms with Crippen molar-refractivity contribution in [1.29, 1.82) is 0 Å². The van der Waals surface area contributed by atoms with E-state index in [4.69, 9.17) is 0 Å². The Bertz CT molecular complexity index is 485. The van der Waals surface area contributed by atoms with Crippen molar-refractivity contribution in [3.63, 3.8) is 0 Å². The van der Waals surface area contributed by atoms with E-state index in [-0.39, 0.29) is 10.9 Å². The number of sulfonamides is 1. The third kappa shape index (κ3) is 3.78. The second-order valence-corrected chi connectivity index (χ2v) is 5.94. The van der Waals surface area contributed by atoms with Crippen LogP contribution < -0.4 is 4.72 Å². The SMILES string of the molecule is CCC[C@@H](C)NS(=O)(=O)c1ccc(F)c(C)c1. The molecule has 0 bridgehead atoms. The Balaban J connectivity index is 2.93. The summed E-state index contributed by atoms with van der Waals surface area (Å²) in [4.78, 5) is 0.111. The van der Waals surface area contributed by atoms with Crippen LogP contribution in [0.4, 0.5) is 4.39 Å². The molecule has 0 radical (unpaired) electrons. The number of rotatable bonds is 5. The summed E-state index contributed by atoms with van der Waals surface area (Å²) in [5, 5.41) is 0. The van der Waals surface area contributed by atoms with Crippen molar-refractivity contribution in [2.75, 3.05) is 0 Å². The van der Waals surface area contributed by atoms with Gasteiger partial charge in [-0.3, -0.25) is 0 Å². The van der Waals surface area contributed by atoms with Crippen LogP contribution in [0.2, 0.25) is 0 Å². The fourth-order valence-corrected chi connectivity index (χ4v) is 2.97. The molecule has 0 aliphatic heterocycles. The van der Waals surface area contributed by atoms with E-state index >= 15 is 0 Å². The van der Waals surface area contributed by atoms with Crippen LogP contribution in [-0.2, 0) is 10.0 Å². The highest BCUT2D eigenvalue weighted by molar-refractivity contribution is 7.89. The van der Waals surface area contributed by atoms with E-state index in [1.165, 1.54) is 18.2 Å². The van der Waals surface area contributed by atoms with Gasteiger partial charge in [0.15, 0.2) is 0 Å². The first-order valence-electron chi connectivity index (χ1n) is 5.65. The molecular weight excluding hydrogens is 241 g/mol. The van der Waals surface area contributed by atoms with Crippen LogP contribution in [0.25, 0.3) is 0 Å². The normalized spacial score (nSPS) is 13.6. The Morgan fingerprint density at radius 3 is 2.59 bits per heavy atom. The Labute approximate surface area is 102 Å². The molecule has 0 heterocycles. The molecule has 0 saturated carbocycles. The van der Waals surface area contributed by atoms with E-state index in [1.54, 1.807) is 6.92 Å². The van der Waals surface area contributed by atoms with Gasteiger partial charge >= 0.3 is 0 Å². The van der Waals surface area contributed by atoms with E-state index in [0.717, 1.165) is 12.8 Å². The monoisotopic (exact) mass is 259 g/mol. The molecule has 0 saturated heterocycles. The molecule has 1 aromatic rings. The molecule has 1 aromatic carbocycles. The maximum atomic E-state index is 13.1. The summed E-state index contributed by atoms with van der Waals surface area (Å²) in [5.41, 5.74) is 0.330. The number of halogens is 1. The molecule has 96 valence electrons. The van der Waals surface area contributed by atoms with Gasteiger partial charge in [0, 0.05) is 6.04 Å². The molecule has 0 fully saturated rings. The topological polar surface area (TPSA) is 46.2 Å². The molecular formula is C12H18FNO2S. The van der Waals surface area contributed by atoms with Gasteiger partial charge in [-0.05, 0) is 44.0 Å². The van der Waals surface area contributed by atoms with Gasteiger partial charge < -0.3 is 0 Å². The second kappa shape index (κ2) is 5.60. The van der Waals surface area contributed by atoms with Crippen molar-refractivity contribution in [1.82, 2.24) is 4.72 Å². The van der Waals surface area contributed by atoms with Crippen LogP contribution in [0.15, 0.2) is 23.1 Å². The predicted molar refractivity (Wildman–Crippen MR) is 65.8 cm³/mol. The molecule has 1 N–H and O–H groups in total. The summed E-state index contributed by atoms with van der Waals surface area (Å²) in [6.07, 6.45) is 1.69. The maximum Gasteiger partial charge on any atom is 0.240 e. The molecule has 5 heteroatoms. The van der Waals surface area contributed by atoms with Crippen LogP contribution in [0, 0.1) is 12.7 Å². The first-order valence-corrected chi connectivity index (χ1v) is 7.13. The average Bonchev–Trinajstić information content (AvgIpc) is 2.21. The highest BCUT2D eigenvalue weighted by atomic mass is 32.2. The highest BCUT2D eigenvalue weighted by Gasteiger charge is 2.17. The molecule has 1 rings (SSSR count). The molecule has 3 nitrogen and oxygen atoms in total. The molecule has 1 atom stereocenters. The lowest BCUT2D eigenvalue weighted by Gasteiger charge is -2.13. The average molecular weight is 259 g/mol. The molecule has 0 amide bonds. The van der Waals surface area contributed by atoms with E-state index in [0.29, 0.717) is 5.56 Å². The van der Waals surface area contributed by atoms with Gasteiger partial charge in [-0.2, -0.15) is 0 Å². The van der Waals surface area contributed by atoms with Gasteiger partial charge in [0.25, 0.3) is 0 Å². The van der Waals surface area contributed by atoms with Crippen LogP contribution in [0.3, 0.4) is 0 Å². The zero-order valence-corrected chi connectivity index (χ0v) is 11.1. The summed E-state index contributed by atoms with van der Waals surface area (Å²) in [5.74, 6) is -0.398. The molecule has 0 unspecified atom stereocenters. The smallest absolute Gasteiger partial charge is 0.208 e. The quantitative estimate of drug-likeness (QED) is 0.883. The van der Waals surface area contributed by atoms with Crippen molar-refractivity contribution in [3.8, 4) is 0 Å². The Morgan fingerprint density at radius 2 is 2.06 bits per heavy atom. The van der Waals surface area contributed by atoms with E-state index in [2.05, 4.69) is 4.72 Å². The minimum atomic E-state index is -3.54. The lowest BCUT2D eigenvalue weighted by Crippen LogP contribution is -2.32. The number of benzene rings is 1. The lowest BCUT2D eigenvalue weighted by atomic mass is 10.2. The van der Waals surface area contributed by atoms with Crippen LogP contribution in [-0.4, -0.2) is 14.5 Å². The van der Waals surface area contributed by atoms with Crippen LogP contribution >= 0.6 is 0 Å². The number of aryl methyl sites for hydroxylation is 1. The van der Waals surface area contributed by atoms with E-state index in [1.807, 2.05) is 13.8 Å². The van der Waals surface area contributed by atoms with Crippen LogP contribution in [0.5, 0.6) is 0 Å². The fraction of sp³-hybridized carbons (Fsp3) is 0.500. The summed E-state index contributed by atoms with van der Waals surface area (Å²) < 4.78 is 39.5. The van der Waals surface area contributed by atoms with Gasteiger partial charge in [-0.15, -0.1) is 0 Å². The van der Waals surface area contributed by atoms with E-state index < -0.39 is 15.8 Å². The molecule has 0 aromatic heterocycles. The standard InChI is InChI=1S/C12H18FNO2S/c1-4-5-10(3)14-17(15,16)11-6-7-12(13)9(2)8-11/h6-8,10,14H,4-5H2,1-3H3/t10-/m1/s1. The number of nitrogens with one attached hydrogen (secondary N) is 1. The summed E-state index contributed by atoms with van der Waals surface area (Å²) in [6.45, 7) is 5.36. The molecule has 0 aliphatic carbocycles. The third-order valence-corrected chi connectivity index (χ3v) is 4.10. The van der Waals surface area contributed by atoms with Crippen LogP contribution in [0.1, 0.15) is 32.3 Å². The molecule has 0 aliphatic rings. The van der Waals surface area contributed by atoms with Crippen molar-refractivity contribution in [2.24, 2.45) is 0 Å². The van der Waals surface area contributed by atoms with Gasteiger partial charge in [0.2, 0.25) is 10.0 Å². The van der Waals surface area contributed by atoms with Crippen molar-refractivity contribution < 1.29 is 12.8 Å². The molecule has 17 heavy (non-hydrogen) atoms. The minimum Gasteiger partial charge on any atom is -0.208 e. The first kappa shape index (κ1) is 14.1. The predicted octanol–water partition coefficient (Wildman–Crippen LogP) is 2.60. The van der Waals surface area contributed by atoms with Gasteiger partial charge in [-0.1, -0.05) is 13.3 Å². The van der Waals surface area contributed by atoms with Gasteiger partial charge in [-0.25, -0.2) is 17.5 Å². The van der Waals surface area contributed by atoms with Crippen molar-refractivity contribution >= 4 is 10.0 Å². The second-order valence-electron chi connectivity index (χ2n) is 4.22. The highest BCUT2D eigenvalue weighted by Crippen LogP contribution is 2.15. The maximum absolute atomic E-state index is 13.1. The van der Waals surface area contributed by atoms with E-state index in [9.17, 15) is 12.8 Å². The largest absolute Gasteiger partial charge is 0.240 e. The summed E-state index contributed by atoms with van der Waals surface area (Å²) >= 11 is 0. The fourth-order valence-electron chi connectivity index (χ4n) is 1.61. The lowest BCUT2D eigenvalue weighted by molar-refractivity contribution is 0.543. The Kier molecular flexibility index (Phi) is 4.65. The van der Waals surface area contributed by atoms with Gasteiger partial charge in [0.1, 0.15) is 5.82 Å². The van der Waals surface area contributed by atoms with Crippen molar-refractivity contribution in [3.05, 3.63) is 29.6 Å². The molecule has 0 spiro atoms. The third-order valence-electron chi connectivity index (χ3n) is 2.52. The Hall–Kier alpha value is -0.940. The number of hydrogen-bond donors (Lipinski definition) is 1. The first-order chi connectivity index (χ1) is 7.86. The van der Waals surface area contributed by atoms with Gasteiger partial charge in [0.05, 0.1) is 4.90 Å². The minimum absolute atomic E-state index is 0.111. The van der Waals surface area contributed by atoms with Crippen molar-refractivity contribution in [2.45, 2.75) is 44.6 Å². The number of hydrogen-bond acceptors (Lipinski definition) is 2. The zero-order chi connectivity index (χ0) is 13.1. The summed E-state index contributed by atoms with van der Waals surface area (Å²) in [6, 6.07) is 3.68. The Morgan fingerprint density at radius 1 is 1.41 bits per heavy atom. The summed E-state index contributed by atoms with van der Waals surface area (Å²) in [7, 11) is -3.54.